The SMILES string of the molecule is CCN1C(=CC(C)=Cc2sc3ccc(C)cc3[n+]2CC)Sc2ccc(C)cc21.COS(=O)(=O)[O-]. The Kier molecular flexibility index (Phi) is 8.59. The predicted molar refractivity (Wildman–Crippen MR) is 141 cm³/mol. The van der Waals surface area contributed by atoms with Crippen molar-refractivity contribution in [3.63, 3.8) is 0 Å². The van der Waals surface area contributed by atoms with Gasteiger partial charge in [0, 0.05) is 23.6 Å². The molecule has 0 saturated heterocycles. The van der Waals surface area contributed by atoms with Crippen molar-refractivity contribution in [3.05, 3.63) is 69.2 Å². The molecule has 0 spiro atoms. The highest BCUT2D eigenvalue weighted by Crippen LogP contribution is 2.46. The van der Waals surface area contributed by atoms with E-state index < -0.39 is 10.4 Å². The van der Waals surface area contributed by atoms with Gasteiger partial charge in [0.25, 0.3) is 5.01 Å². The highest BCUT2D eigenvalue weighted by Gasteiger charge is 2.24. The first-order valence-electron chi connectivity index (χ1n) is 11.0. The summed E-state index contributed by atoms with van der Waals surface area (Å²) in [5, 5.41) is 2.63. The summed E-state index contributed by atoms with van der Waals surface area (Å²) in [5.74, 6) is 0. The lowest BCUT2D eigenvalue weighted by Crippen LogP contribution is -2.33. The van der Waals surface area contributed by atoms with Gasteiger partial charge in [-0.3, -0.25) is 4.18 Å². The fraction of sp³-hybridized carbons (Fsp3) is 0.320. The molecule has 0 N–H and O–H groups in total. The number of aryl methyl sites for hydroxylation is 3. The summed E-state index contributed by atoms with van der Waals surface area (Å²) >= 11 is 3.75. The van der Waals surface area contributed by atoms with Crippen LogP contribution in [0.15, 0.2) is 58.0 Å². The van der Waals surface area contributed by atoms with Gasteiger partial charge in [-0.1, -0.05) is 35.2 Å². The molecule has 4 rings (SSSR count). The van der Waals surface area contributed by atoms with Gasteiger partial charge in [-0.15, -0.1) is 0 Å². The number of nitrogens with zero attached hydrogens (tertiary/aromatic N) is 2. The molecule has 34 heavy (non-hydrogen) atoms. The summed E-state index contributed by atoms with van der Waals surface area (Å²) in [6.45, 7) is 13.0. The van der Waals surface area contributed by atoms with Crippen LogP contribution in [0.2, 0.25) is 0 Å². The van der Waals surface area contributed by atoms with Crippen LogP contribution in [0.1, 0.15) is 36.9 Å². The highest BCUT2D eigenvalue weighted by molar-refractivity contribution is 8.03. The number of hydrogen-bond donors (Lipinski definition) is 0. The molecule has 2 heterocycles. The van der Waals surface area contributed by atoms with E-state index in [-0.39, 0.29) is 0 Å². The van der Waals surface area contributed by atoms with E-state index in [0.29, 0.717) is 0 Å². The quantitative estimate of drug-likeness (QED) is 0.242. The average molecular weight is 519 g/mol. The minimum Gasteiger partial charge on any atom is -0.726 e. The van der Waals surface area contributed by atoms with Gasteiger partial charge in [0.1, 0.15) is 11.2 Å². The smallest absolute Gasteiger partial charge is 0.262 e. The Hall–Kier alpha value is -2.17. The van der Waals surface area contributed by atoms with Crippen LogP contribution in [-0.4, -0.2) is 26.6 Å². The van der Waals surface area contributed by atoms with Crippen molar-refractivity contribution in [2.75, 3.05) is 18.6 Å². The second-order valence-corrected chi connectivity index (χ2v) is 11.2. The Morgan fingerprint density at radius 3 is 2.41 bits per heavy atom. The average Bonchev–Trinajstić information content (AvgIpc) is 3.29. The molecule has 0 fully saturated rings. The van der Waals surface area contributed by atoms with Crippen LogP contribution in [0.3, 0.4) is 0 Å². The molecule has 1 aliphatic heterocycles. The number of thioether (sulfide) groups is 1. The molecular formula is C25H30N2O4S3. The molecule has 0 bridgehead atoms. The minimum atomic E-state index is -4.41. The Morgan fingerprint density at radius 2 is 1.79 bits per heavy atom. The van der Waals surface area contributed by atoms with Gasteiger partial charge in [0.15, 0.2) is 0 Å². The van der Waals surface area contributed by atoms with Crippen molar-refractivity contribution in [1.82, 2.24) is 0 Å². The topological polar surface area (TPSA) is 73.5 Å². The summed E-state index contributed by atoms with van der Waals surface area (Å²) < 4.78 is 34.8. The van der Waals surface area contributed by atoms with Crippen molar-refractivity contribution in [2.24, 2.45) is 0 Å². The Morgan fingerprint density at radius 1 is 1.15 bits per heavy atom. The van der Waals surface area contributed by atoms with E-state index in [9.17, 15) is 13.0 Å². The molecule has 0 radical (unpaired) electrons. The Bertz CT molecular complexity index is 1360. The van der Waals surface area contributed by atoms with Gasteiger partial charge in [-0.2, -0.15) is 4.57 Å². The largest absolute Gasteiger partial charge is 0.726 e. The first-order valence-corrected chi connectivity index (χ1v) is 13.9. The first kappa shape index (κ1) is 26.4. The van der Waals surface area contributed by atoms with Gasteiger partial charge in [-0.05, 0) is 75.6 Å². The number of fused-ring (bicyclic) bond motifs is 2. The summed E-state index contributed by atoms with van der Waals surface area (Å²) in [6, 6.07) is 13.5. The maximum absolute atomic E-state index is 9.22. The number of anilines is 1. The number of rotatable bonds is 5. The summed E-state index contributed by atoms with van der Waals surface area (Å²) in [6.07, 6.45) is 4.66. The minimum absolute atomic E-state index is 0.808. The molecule has 0 atom stereocenters. The third-order valence-electron chi connectivity index (χ3n) is 5.31. The molecule has 0 unspecified atom stereocenters. The van der Waals surface area contributed by atoms with E-state index in [1.807, 2.05) is 23.1 Å². The van der Waals surface area contributed by atoms with Crippen LogP contribution >= 0.6 is 23.1 Å². The normalized spacial score (nSPS) is 15.0. The van der Waals surface area contributed by atoms with Crippen molar-refractivity contribution < 1.29 is 21.7 Å². The van der Waals surface area contributed by atoms with Crippen LogP contribution in [0, 0.1) is 13.8 Å². The standard InChI is InChI=1S/C24H27N2S2.CH4O4S/c1-6-25-19-12-16(3)8-10-21(19)27-23(25)14-18(5)15-24-26(7-2)20-13-17(4)9-11-22(20)28-24;1-5-6(2,3)4/h8-15H,6-7H2,1-5H3;1H3,(H,2,3,4)/q+1;/p-1. The lowest BCUT2D eigenvalue weighted by atomic mass is 10.2. The zero-order chi connectivity index (χ0) is 25.0. The maximum Gasteiger partial charge on any atom is 0.262 e. The first-order chi connectivity index (χ1) is 16.1. The van der Waals surface area contributed by atoms with Crippen LogP contribution in [0.25, 0.3) is 16.3 Å². The van der Waals surface area contributed by atoms with Crippen molar-refractivity contribution in [3.8, 4) is 0 Å². The van der Waals surface area contributed by atoms with Crippen molar-refractivity contribution in [1.29, 1.82) is 0 Å². The molecule has 182 valence electrons. The molecule has 1 aliphatic rings. The molecule has 0 saturated carbocycles. The van der Waals surface area contributed by atoms with Gasteiger partial charge in [0.05, 0.1) is 17.8 Å². The Labute approximate surface area is 210 Å². The number of hydrogen-bond acceptors (Lipinski definition) is 7. The molecule has 3 aromatic rings. The zero-order valence-corrected chi connectivity index (χ0v) is 22.7. The van der Waals surface area contributed by atoms with Gasteiger partial charge < -0.3 is 9.45 Å². The van der Waals surface area contributed by atoms with Gasteiger partial charge in [0.2, 0.25) is 15.9 Å². The highest BCUT2D eigenvalue weighted by atomic mass is 32.3. The fourth-order valence-electron chi connectivity index (χ4n) is 3.72. The lowest BCUT2D eigenvalue weighted by molar-refractivity contribution is -0.665. The Balaban J connectivity index is 0.000000481. The van der Waals surface area contributed by atoms with Crippen molar-refractivity contribution >= 4 is 55.5 Å². The van der Waals surface area contributed by atoms with Gasteiger partial charge >= 0.3 is 0 Å². The van der Waals surface area contributed by atoms with Crippen LogP contribution < -0.4 is 9.47 Å². The molecule has 2 aromatic carbocycles. The second-order valence-electron chi connectivity index (χ2n) is 7.92. The number of allylic oxidation sites excluding steroid dienone is 2. The van der Waals surface area contributed by atoms with E-state index >= 15 is 0 Å². The predicted octanol–water partition coefficient (Wildman–Crippen LogP) is 5.80. The monoisotopic (exact) mass is 518 g/mol. The number of benzene rings is 2. The van der Waals surface area contributed by atoms with Crippen LogP contribution in [0.4, 0.5) is 5.69 Å². The fourth-order valence-corrected chi connectivity index (χ4v) is 6.16. The molecule has 9 heteroatoms. The molecule has 0 amide bonds. The number of thiazole rings is 1. The summed E-state index contributed by atoms with van der Waals surface area (Å²) in [4.78, 5) is 3.78. The summed E-state index contributed by atoms with van der Waals surface area (Å²) in [7, 11) is -3.60. The van der Waals surface area contributed by atoms with Crippen LogP contribution in [-0.2, 0) is 21.1 Å². The summed E-state index contributed by atoms with van der Waals surface area (Å²) in [5.41, 5.74) is 6.60. The molecule has 6 nitrogen and oxygen atoms in total. The molecule has 1 aromatic heterocycles. The third kappa shape index (κ3) is 6.28. The second kappa shape index (κ2) is 11.0. The molecule has 0 aliphatic carbocycles. The van der Waals surface area contributed by atoms with Crippen LogP contribution in [0.5, 0.6) is 0 Å². The van der Waals surface area contributed by atoms with E-state index in [2.05, 4.69) is 96.8 Å². The van der Waals surface area contributed by atoms with Gasteiger partial charge in [-0.25, -0.2) is 8.42 Å². The van der Waals surface area contributed by atoms with E-state index in [1.165, 1.54) is 47.5 Å². The number of aromatic nitrogens is 1. The van der Waals surface area contributed by atoms with E-state index in [4.69, 9.17) is 0 Å². The van der Waals surface area contributed by atoms with Crippen molar-refractivity contribution in [2.45, 2.75) is 46.1 Å². The lowest BCUT2D eigenvalue weighted by Gasteiger charge is -2.18. The maximum atomic E-state index is 9.22. The zero-order valence-electron chi connectivity index (χ0n) is 20.3. The third-order valence-corrected chi connectivity index (χ3v) is 7.94. The van der Waals surface area contributed by atoms with E-state index in [0.717, 1.165) is 20.2 Å². The molecular weight excluding hydrogens is 488 g/mol. The van der Waals surface area contributed by atoms with E-state index in [1.54, 1.807) is 0 Å².